The van der Waals surface area contributed by atoms with Crippen LogP contribution in [0.15, 0.2) is 35.4 Å². The first-order chi connectivity index (χ1) is 16.6. The summed E-state index contributed by atoms with van der Waals surface area (Å²) < 4.78 is 13.5. The van der Waals surface area contributed by atoms with Crippen molar-refractivity contribution < 1.29 is 14.3 Å². The zero-order valence-corrected chi connectivity index (χ0v) is 20.8. The lowest BCUT2D eigenvalue weighted by Gasteiger charge is -2.25. The lowest BCUT2D eigenvalue weighted by Crippen LogP contribution is -2.36. The van der Waals surface area contributed by atoms with E-state index in [9.17, 15) is 4.79 Å². The highest BCUT2D eigenvalue weighted by molar-refractivity contribution is 8.00. The van der Waals surface area contributed by atoms with Crippen LogP contribution >= 0.6 is 11.8 Å². The summed E-state index contributed by atoms with van der Waals surface area (Å²) in [6, 6.07) is 10.1. The van der Waals surface area contributed by atoms with E-state index in [-0.39, 0.29) is 11.9 Å². The van der Waals surface area contributed by atoms with Crippen molar-refractivity contribution in [1.82, 2.24) is 19.4 Å². The molecular weight excluding hydrogens is 448 g/mol. The summed E-state index contributed by atoms with van der Waals surface area (Å²) >= 11 is 1.51. The van der Waals surface area contributed by atoms with Crippen molar-refractivity contribution in [3.05, 3.63) is 53.1 Å². The van der Waals surface area contributed by atoms with Crippen LogP contribution in [0.5, 0.6) is 0 Å². The second kappa shape index (κ2) is 10.6. The average molecular weight is 481 g/mol. The van der Waals surface area contributed by atoms with E-state index in [2.05, 4.69) is 16.4 Å². The molecular formula is C26H32N4O3S. The zero-order valence-electron chi connectivity index (χ0n) is 20.0. The molecule has 2 aromatic heterocycles. The van der Waals surface area contributed by atoms with Crippen LogP contribution in [-0.2, 0) is 22.6 Å². The second-order valence-electron chi connectivity index (χ2n) is 9.09. The molecule has 8 heteroatoms. The largest absolute Gasteiger partial charge is 0.379 e. The fourth-order valence-corrected chi connectivity index (χ4v) is 5.72. The predicted octanol–water partition coefficient (Wildman–Crippen LogP) is 4.03. The van der Waals surface area contributed by atoms with Crippen molar-refractivity contribution in [2.24, 2.45) is 0 Å². The van der Waals surface area contributed by atoms with Gasteiger partial charge in [-0.05, 0) is 38.8 Å². The summed E-state index contributed by atoms with van der Waals surface area (Å²) in [6.07, 6.45) is 2.45. The lowest BCUT2D eigenvalue weighted by molar-refractivity contribution is 0.0330. The third-order valence-corrected chi connectivity index (χ3v) is 7.70. The fraction of sp³-hybridized carbons (Fsp3) is 0.500. The van der Waals surface area contributed by atoms with Gasteiger partial charge in [0.25, 0.3) is 0 Å². The van der Waals surface area contributed by atoms with Gasteiger partial charge in [-0.2, -0.15) is 0 Å². The minimum absolute atomic E-state index is 0.133. The number of aryl methyl sites for hydroxylation is 1. The minimum Gasteiger partial charge on any atom is -0.379 e. The molecule has 0 bridgehead atoms. The number of Topliss-reactive ketones (excluding diaryl/α,β-unsaturated/α-hetero) is 1. The van der Waals surface area contributed by atoms with Crippen LogP contribution in [0.25, 0.3) is 10.9 Å². The van der Waals surface area contributed by atoms with Gasteiger partial charge >= 0.3 is 0 Å². The summed E-state index contributed by atoms with van der Waals surface area (Å²) in [5.74, 6) is 1.28. The highest BCUT2D eigenvalue weighted by Gasteiger charge is 2.22. The maximum atomic E-state index is 13.2. The molecule has 3 aromatic rings. The van der Waals surface area contributed by atoms with Crippen LogP contribution in [0, 0.1) is 13.8 Å². The van der Waals surface area contributed by atoms with Gasteiger partial charge in [-0.1, -0.05) is 30.0 Å². The number of para-hydroxylation sites is 1. The number of morpholine rings is 1. The van der Waals surface area contributed by atoms with E-state index in [0.717, 1.165) is 91.0 Å². The van der Waals surface area contributed by atoms with Gasteiger partial charge in [0.1, 0.15) is 10.9 Å². The molecule has 5 rings (SSSR count). The number of hydrogen-bond acceptors (Lipinski definition) is 7. The highest BCUT2D eigenvalue weighted by Crippen LogP contribution is 2.28. The van der Waals surface area contributed by atoms with Crippen LogP contribution in [0.3, 0.4) is 0 Å². The maximum absolute atomic E-state index is 13.2. The molecule has 0 radical (unpaired) electrons. The standard InChI is InChI=1S/C26H32N4O3S/c1-18-14-22(19(2)30(18)15-20-6-5-11-33-20)24(31)17-34-26-21-7-3-4-8-23(21)27-25(28-26)16-29-9-12-32-13-10-29/h3-4,7-8,14,20H,5-6,9-13,15-17H2,1-2H3/t20-/m0/s1. The Kier molecular flexibility index (Phi) is 7.29. The quantitative estimate of drug-likeness (QED) is 0.274. The Balaban J connectivity index is 1.32. The van der Waals surface area contributed by atoms with E-state index in [1.807, 2.05) is 37.3 Å². The molecule has 2 fully saturated rings. The molecule has 2 aliphatic rings. The first-order valence-corrected chi connectivity index (χ1v) is 13.1. The van der Waals surface area contributed by atoms with Crippen LogP contribution in [0.4, 0.5) is 0 Å². The molecule has 0 N–H and O–H groups in total. The number of carbonyl (C=O) groups excluding carboxylic acids is 1. The Labute approximate surface area is 204 Å². The van der Waals surface area contributed by atoms with E-state index in [4.69, 9.17) is 19.4 Å². The predicted molar refractivity (Wildman–Crippen MR) is 134 cm³/mol. The lowest BCUT2D eigenvalue weighted by atomic mass is 10.2. The van der Waals surface area contributed by atoms with E-state index in [0.29, 0.717) is 12.3 Å². The Hall–Kier alpha value is -2.26. The second-order valence-corrected chi connectivity index (χ2v) is 10.1. The third-order valence-electron chi connectivity index (χ3n) is 6.71. The van der Waals surface area contributed by atoms with Gasteiger partial charge in [0.15, 0.2) is 5.78 Å². The van der Waals surface area contributed by atoms with E-state index >= 15 is 0 Å². The number of ether oxygens (including phenoxy) is 2. The van der Waals surface area contributed by atoms with Crippen molar-refractivity contribution in [2.45, 2.75) is 50.9 Å². The summed E-state index contributed by atoms with van der Waals surface area (Å²) in [6.45, 7) is 9.73. The monoisotopic (exact) mass is 480 g/mol. The Morgan fingerprint density at radius 2 is 1.97 bits per heavy atom. The molecule has 1 atom stereocenters. The number of rotatable bonds is 8. The van der Waals surface area contributed by atoms with Gasteiger partial charge < -0.3 is 14.0 Å². The Morgan fingerprint density at radius 3 is 2.76 bits per heavy atom. The van der Waals surface area contributed by atoms with Crippen LogP contribution < -0.4 is 0 Å². The Morgan fingerprint density at radius 1 is 1.15 bits per heavy atom. The van der Waals surface area contributed by atoms with E-state index < -0.39 is 0 Å². The molecule has 34 heavy (non-hydrogen) atoms. The van der Waals surface area contributed by atoms with Crippen LogP contribution in [0.1, 0.15) is 40.4 Å². The van der Waals surface area contributed by atoms with Gasteiger partial charge in [-0.3, -0.25) is 9.69 Å². The zero-order chi connectivity index (χ0) is 23.5. The van der Waals surface area contributed by atoms with Gasteiger partial charge in [0.05, 0.1) is 37.1 Å². The number of fused-ring (bicyclic) bond motifs is 1. The third kappa shape index (κ3) is 5.20. The molecule has 0 amide bonds. The molecule has 0 saturated carbocycles. The number of nitrogens with zero attached hydrogens (tertiary/aromatic N) is 4. The summed E-state index contributed by atoms with van der Waals surface area (Å²) in [4.78, 5) is 25.2. The smallest absolute Gasteiger partial charge is 0.174 e. The van der Waals surface area contributed by atoms with Gasteiger partial charge in [-0.25, -0.2) is 9.97 Å². The number of ketones is 1. The SMILES string of the molecule is Cc1cc(C(=O)CSc2nc(CN3CCOCC3)nc3ccccc23)c(C)n1C[C@@H]1CCCO1. The molecule has 1 aromatic carbocycles. The van der Waals surface area contributed by atoms with Crippen molar-refractivity contribution in [2.75, 3.05) is 38.7 Å². The summed E-state index contributed by atoms with van der Waals surface area (Å²) in [5, 5.41) is 1.87. The first kappa shape index (κ1) is 23.5. The molecule has 2 aliphatic heterocycles. The molecule has 2 saturated heterocycles. The molecule has 180 valence electrons. The van der Waals surface area contributed by atoms with Crippen molar-refractivity contribution in [1.29, 1.82) is 0 Å². The first-order valence-electron chi connectivity index (χ1n) is 12.1. The van der Waals surface area contributed by atoms with Gasteiger partial charge in [-0.15, -0.1) is 0 Å². The average Bonchev–Trinajstić information content (AvgIpc) is 3.47. The van der Waals surface area contributed by atoms with E-state index in [1.165, 1.54) is 11.8 Å². The molecule has 4 heterocycles. The molecule has 0 spiro atoms. The number of carbonyl (C=O) groups is 1. The van der Waals surface area contributed by atoms with E-state index in [1.54, 1.807) is 0 Å². The minimum atomic E-state index is 0.133. The van der Waals surface area contributed by atoms with Gasteiger partial charge in [0.2, 0.25) is 0 Å². The number of thioether (sulfide) groups is 1. The fourth-order valence-electron chi connectivity index (χ4n) is 4.80. The van der Waals surface area contributed by atoms with Crippen molar-refractivity contribution in [3.8, 4) is 0 Å². The number of hydrogen-bond donors (Lipinski definition) is 0. The maximum Gasteiger partial charge on any atom is 0.174 e. The van der Waals surface area contributed by atoms with Crippen molar-refractivity contribution in [3.63, 3.8) is 0 Å². The number of aromatic nitrogens is 3. The summed E-state index contributed by atoms with van der Waals surface area (Å²) in [7, 11) is 0. The van der Waals surface area contributed by atoms with Crippen LogP contribution in [0.2, 0.25) is 0 Å². The molecule has 0 aliphatic carbocycles. The molecule has 0 unspecified atom stereocenters. The highest BCUT2D eigenvalue weighted by atomic mass is 32.2. The van der Waals surface area contributed by atoms with Crippen molar-refractivity contribution >= 4 is 28.4 Å². The van der Waals surface area contributed by atoms with Crippen LogP contribution in [-0.4, -0.2) is 70.0 Å². The Bertz CT molecular complexity index is 1170. The topological polar surface area (TPSA) is 69.5 Å². The molecule has 7 nitrogen and oxygen atoms in total. The summed E-state index contributed by atoms with van der Waals surface area (Å²) in [5.41, 5.74) is 3.86. The van der Waals surface area contributed by atoms with Gasteiger partial charge in [0, 0.05) is 48.6 Å². The number of benzene rings is 1. The normalized spacial score (nSPS) is 19.2.